The number of aliphatic hydroxyl groups excluding tert-OH is 1. The molecule has 4 unspecified atom stereocenters. The molecule has 4 atom stereocenters. The highest BCUT2D eigenvalue weighted by Crippen LogP contribution is 2.42. The standard InChI is InChI=1S/C52H56N2O6/c1-31(2)51(57)59-45-15-11-9-13-43(45)53(41-27-17-33(5)29-35(41)7)39-23-19-37(20-24-39)47-49(55)48(50(47)56)38-21-25-40(26-22-38)54(42-28-18-34(6)30-36(42)8)44-14-10-12-16-46(44)60-52(58)32(3)4/h17-30,43-46H,1,3,9-16H2,2,4-8H3/p+1. The van der Waals surface area contributed by atoms with Gasteiger partial charge in [-0.3, -0.25) is 4.79 Å². The van der Waals surface area contributed by atoms with Gasteiger partial charge in [0, 0.05) is 52.7 Å². The monoisotopic (exact) mass is 805 g/mol. The third-order valence-electron chi connectivity index (χ3n) is 12.2. The zero-order valence-electron chi connectivity index (χ0n) is 35.8. The number of aliphatic hydroxyl groups is 1. The summed E-state index contributed by atoms with van der Waals surface area (Å²) in [7, 11) is 0. The Morgan fingerprint density at radius 3 is 1.87 bits per heavy atom. The van der Waals surface area contributed by atoms with Gasteiger partial charge in [0.15, 0.2) is 12.1 Å². The van der Waals surface area contributed by atoms with Gasteiger partial charge in [-0.2, -0.15) is 4.58 Å². The van der Waals surface area contributed by atoms with Gasteiger partial charge >= 0.3 is 11.9 Å². The highest BCUT2D eigenvalue weighted by atomic mass is 16.5. The Bertz CT molecular complexity index is 2410. The third kappa shape index (κ3) is 8.51. The molecule has 4 aliphatic carbocycles. The first kappa shape index (κ1) is 42.1. The normalized spacial score (nSPS) is 21.4. The first-order chi connectivity index (χ1) is 28.7. The molecule has 3 aromatic rings. The highest BCUT2D eigenvalue weighted by molar-refractivity contribution is 6.39. The molecule has 310 valence electrons. The fourth-order valence-corrected chi connectivity index (χ4v) is 9.18. The largest absolute Gasteiger partial charge is 0.506 e. The van der Waals surface area contributed by atoms with Gasteiger partial charge in [0.25, 0.3) is 0 Å². The van der Waals surface area contributed by atoms with Crippen molar-refractivity contribution in [2.45, 2.75) is 117 Å². The summed E-state index contributed by atoms with van der Waals surface area (Å²) in [6, 6.07) is 20.3. The van der Waals surface area contributed by atoms with Gasteiger partial charge in [-0.05, 0) is 133 Å². The van der Waals surface area contributed by atoms with Crippen LogP contribution in [-0.4, -0.2) is 57.4 Å². The Morgan fingerprint density at radius 2 is 1.27 bits per heavy atom. The number of esters is 2. The average Bonchev–Trinajstić information content (AvgIpc) is 3.22. The van der Waals surface area contributed by atoms with E-state index in [2.05, 4.69) is 86.7 Å². The second-order valence-electron chi connectivity index (χ2n) is 17.0. The van der Waals surface area contributed by atoms with E-state index >= 15 is 0 Å². The molecular formula is C52H57N2O6+. The van der Waals surface area contributed by atoms with Crippen molar-refractivity contribution >= 4 is 46.1 Å². The zero-order chi connectivity index (χ0) is 42.8. The number of ether oxygens (including phenoxy) is 2. The number of anilines is 2. The topological polar surface area (TPSA) is 96.1 Å². The molecule has 7 rings (SSSR count). The van der Waals surface area contributed by atoms with E-state index in [1.165, 1.54) is 0 Å². The first-order valence-corrected chi connectivity index (χ1v) is 21.3. The summed E-state index contributed by atoms with van der Waals surface area (Å²) in [5.41, 5.74) is 11.0. The summed E-state index contributed by atoms with van der Waals surface area (Å²) < 4.78 is 14.4. The lowest BCUT2D eigenvalue weighted by molar-refractivity contribution is -0.501. The molecule has 1 N–H and O–H groups in total. The molecule has 0 amide bonds. The van der Waals surface area contributed by atoms with Gasteiger partial charge in [0.05, 0.1) is 17.2 Å². The van der Waals surface area contributed by atoms with Crippen molar-refractivity contribution in [3.63, 3.8) is 0 Å². The summed E-state index contributed by atoms with van der Waals surface area (Å²) in [6.45, 7) is 19.3. The van der Waals surface area contributed by atoms with Crippen molar-refractivity contribution in [1.82, 2.24) is 0 Å². The van der Waals surface area contributed by atoms with E-state index in [0.29, 0.717) is 22.3 Å². The maximum atomic E-state index is 13.9. The smallest absolute Gasteiger partial charge is 0.333 e. The number of hydrogen-bond donors (Lipinski definition) is 1. The van der Waals surface area contributed by atoms with Gasteiger partial charge in [-0.15, -0.1) is 0 Å². The van der Waals surface area contributed by atoms with Gasteiger partial charge in [0.2, 0.25) is 17.2 Å². The Morgan fingerprint density at radius 1 is 0.700 bits per heavy atom. The molecule has 4 aliphatic rings. The number of Topliss-reactive ketones (excluding diaryl/α,β-unsaturated/α-hetero) is 1. The van der Waals surface area contributed by atoms with E-state index in [4.69, 9.17) is 9.47 Å². The molecule has 60 heavy (non-hydrogen) atoms. The lowest BCUT2D eigenvalue weighted by Crippen LogP contribution is -2.45. The number of carbonyl (C=O) groups is 3. The second-order valence-corrected chi connectivity index (χ2v) is 17.0. The number of aryl methyl sites for hydroxylation is 4. The average molecular weight is 806 g/mol. The molecule has 0 bridgehead atoms. The number of ketones is 1. The van der Waals surface area contributed by atoms with E-state index in [-0.39, 0.29) is 58.9 Å². The Balaban J connectivity index is 1.21. The highest BCUT2D eigenvalue weighted by Gasteiger charge is 2.41. The molecule has 8 heteroatoms. The van der Waals surface area contributed by atoms with Crippen LogP contribution in [0.25, 0.3) is 5.57 Å². The number of hydrogen-bond acceptors (Lipinski definition) is 7. The molecule has 3 aromatic carbocycles. The van der Waals surface area contributed by atoms with Crippen LogP contribution in [0.5, 0.6) is 0 Å². The minimum atomic E-state index is -0.381. The van der Waals surface area contributed by atoms with Crippen LogP contribution < -0.4 is 4.90 Å². The van der Waals surface area contributed by atoms with Crippen molar-refractivity contribution in [2.24, 2.45) is 0 Å². The maximum Gasteiger partial charge on any atom is 0.333 e. The maximum absolute atomic E-state index is 13.9. The summed E-state index contributed by atoms with van der Waals surface area (Å²) in [6.07, 6.45) is 14.3. The summed E-state index contributed by atoms with van der Waals surface area (Å²) >= 11 is 0. The van der Waals surface area contributed by atoms with Crippen molar-refractivity contribution < 1.29 is 33.5 Å². The second kappa shape index (κ2) is 17.7. The van der Waals surface area contributed by atoms with Crippen molar-refractivity contribution in [3.8, 4) is 0 Å². The Labute approximate surface area is 354 Å². The van der Waals surface area contributed by atoms with E-state index in [0.717, 1.165) is 96.4 Å². The molecular weight excluding hydrogens is 749 g/mol. The van der Waals surface area contributed by atoms with E-state index < -0.39 is 0 Å². The van der Waals surface area contributed by atoms with Crippen LogP contribution in [0.3, 0.4) is 0 Å². The van der Waals surface area contributed by atoms with Gasteiger partial charge < -0.3 is 19.5 Å². The summed E-state index contributed by atoms with van der Waals surface area (Å²) in [5, 5.41) is 11.5. The van der Waals surface area contributed by atoms with Crippen LogP contribution in [0, 0.1) is 27.7 Å². The quantitative estimate of drug-likeness (QED) is 0.124. The number of benzene rings is 3. The minimum absolute atomic E-state index is 0.0314. The van der Waals surface area contributed by atoms with Crippen molar-refractivity contribution in [3.05, 3.63) is 154 Å². The molecule has 2 fully saturated rings. The predicted octanol–water partition coefficient (Wildman–Crippen LogP) is 11.0. The number of rotatable bonds is 10. The third-order valence-corrected chi connectivity index (χ3v) is 12.2. The van der Waals surface area contributed by atoms with E-state index in [9.17, 15) is 19.5 Å². The Kier molecular flexibility index (Phi) is 12.4. The lowest BCUT2D eigenvalue weighted by Gasteiger charge is -2.41. The SMILES string of the molecule is C=C(C)C(=O)OC1CCCCC1N(c1ccc(C2=C(O)C(=C3C=CC(=[N+](c4ccc(C)cc4C)C4CCCCC4OC(=O)C(=C)C)C=C3)C2=O)cc1)c1ccc(C)cc1C. The molecule has 0 heterocycles. The molecule has 2 saturated carbocycles. The van der Waals surface area contributed by atoms with Crippen LogP contribution >= 0.6 is 0 Å². The van der Waals surface area contributed by atoms with Gasteiger partial charge in [-0.25, -0.2) is 9.59 Å². The molecule has 0 saturated heterocycles. The summed E-state index contributed by atoms with van der Waals surface area (Å²) in [4.78, 5) is 41.7. The number of allylic oxidation sites excluding steroid dienone is 7. The zero-order valence-corrected chi connectivity index (χ0v) is 35.8. The van der Waals surface area contributed by atoms with Gasteiger partial charge in [0.1, 0.15) is 11.9 Å². The van der Waals surface area contributed by atoms with E-state index in [1.54, 1.807) is 13.8 Å². The Hall–Kier alpha value is -6.02. The van der Waals surface area contributed by atoms with Gasteiger partial charge in [-0.1, -0.05) is 61.0 Å². The van der Waals surface area contributed by atoms with Crippen LogP contribution in [0.1, 0.15) is 93.0 Å². The van der Waals surface area contributed by atoms with Crippen molar-refractivity contribution in [2.75, 3.05) is 4.90 Å². The van der Waals surface area contributed by atoms with Crippen LogP contribution in [-0.2, 0) is 23.9 Å². The summed E-state index contributed by atoms with van der Waals surface area (Å²) in [5.74, 6) is -1.01. The molecule has 8 nitrogen and oxygen atoms in total. The minimum Gasteiger partial charge on any atom is -0.506 e. The molecule has 0 radical (unpaired) electrons. The van der Waals surface area contributed by atoms with Crippen molar-refractivity contribution in [1.29, 1.82) is 0 Å². The molecule has 0 spiro atoms. The number of carbonyl (C=O) groups excluding carboxylic acids is 3. The van der Waals surface area contributed by atoms with Crippen LogP contribution in [0.2, 0.25) is 0 Å². The predicted molar refractivity (Wildman–Crippen MR) is 239 cm³/mol. The fraction of sp³-hybridized carbons (Fsp3) is 0.346. The molecule has 0 aliphatic heterocycles. The molecule has 0 aromatic heterocycles. The van der Waals surface area contributed by atoms with Crippen LogP contribution in [0.4, 0.5) is 17.1 Å². The number of nitrogens with zero attached hydrogens (tertiary/aromatic N) is 2. The lowest BCUT2D eigenvalue weighted by atomic mass is 9.80. The van der Waals surface area contributed by atoms with Crippen LogP contribution in [0.15, 0.2) is 126 Å². The fourth-order valence-electron chi connectivity index (χ4n) is 9.18. The van der Waals surface area contributed by atoms with E-state index in [1.807, 2.05) is 48.6 Å². The first-order valence-electron chi connectivity index (χ1n) is 21.3.